The summed E-state index contributed by atoms with van der Waals surface area (Å²) in [6.07, 6.45) is 3.83. The summed E-state index contributed by atoms with van der Waals surface area (Å²) in [5, 5.41) is 9.09. The van der Waals surface area contributed by atoms with Crippen LogP contribution in [-0.4, -0.2) is 26.1 Å². The molecule has 0 amide bonds. The van der Waals surface area contributed by atoms with Crippen molar-refractivity contribution in [1.82, 2.24) is 0 Å². The molecule has 0 radical (unpaired) electrons. The van der Waals surface area contributed by atoms with E-state index in [1.807, 2.05) is 22.6 Å². The molecule has 3 atom stereocenters. The lowest BCUT2D eigenvalue weighted by atomic mass is 9.81. The molecule has 4 nitrogen and oxygen atoms in total. The van der Waals surface area contributed by atoms with Crippen LogP contribution >= 0.6 is 22.6 Å². The van der Waals surface area contributed by atoms with Crippen molar-refractivity contribution in [3.8, 4) is 0 Å². The molecule has 1 N–H and O–H groups in total. The number of hydrogen-bond acceptors (Lipinski definition) is 3. The summed E-state index contributed by atoms with van der Waals surface area (Å²) in [5.41, 5.74) is -0.742. The lowest BCUT2D eigenvalue weighted by Gasteiger charge is -2.37. The van der Waals surface area contributed by atoms with Crippen LogP contribution in [0.15, 0.2) is 0 Å². The van der Waals surface area contributed by atoms with Crippen molar-refractivity contribution >= 4 is 34.5 Å². The Morgan fingerprint density at radius 2 is 2.11 bits per heavy atom. The van der Waals surface area contributed by atoms with Crippen LogP contribution in [0.4, 0.5) is 0 Å². The summed E-state index contributed by atoms with van der Waals surface area (Å²) in [6.45, 7) is 3.58. The molecular formula is C13H19IO4. The Morgan fingerprint density at radius 1 is 1.44 bits per heavy atom. The van der Waals surface area contributed by atoms with Gasteiger partial charge in [-0.15, -0.1) is 0 Å². The summed E-state index contributed by atoms with van der Waals surface area (Å²) in [5.74, 6) is -0.390. The van der Waals surface area contributed by atoms with Gasteiger partial charge in [-0.25, -0.2) is 0 Å². The lowest BCUT2D eigenvalue weighted by molar-refractivity contribution is -0.172. The third-order valence-electron chi connectivity index (χ3n) is 4.15. The summed E-state index contributed by atoms with van der Waals surface area (Å²) in [7, 11) is 0. The molecule has 2 saturated carbocycles. The average molecular weight is 366 g/mol. The molecule has 5 heteroatoms. The van der Waals surface area contributed by atoms with Crippen molar-refractivity contribution in [2.24, 2.45) is 11.8 Å². The first kappa shape index (κ1) is 14.1. The largest absolute Gasteiger partial charge is 0.481 e. The Balaban J connectivity index is 2.17. The molecule has 2 bridgehead atoms. The Labute approximate surface area is 121 Å². The molecule has 18 heavy (non-hydrogen) atoms. The highest BCUT2D eigenvalue weighted by atomic mass is 127. The fraction of sp³-hybridized carbons (Fsp3) is 0.846. The van der Waals surface area contributed by atoms with Crippen LogP contribution in [0.2, 0.25) is 0 Å². The van der Waals surface area contributed by atoms with E-state index in [2.05, 4.69) is 0 Å². The van der Waals surface area contributed by atoms with Crippen LogP contribution < -0.4 is 0 Å². The standard InChI is InChI=1S/C13H19IO4/c1-12(2,14)11(17)18-13(7-10(15)16)6-8-3-4-9(13)5-8/h8-9H,3-7H2,1-2H3,(H,15,16). The molecule has 102 valence electrons. The van der Waals surface area contributed by atoms with Crippen LogP contribution in [0, 0.1) is 11.8 Å². The Morgan fingerprint density at radius 3 is 2.50 bits per heavy atom. The topological polar surface area (TPSA) is 63.6 Å². The molecule has 0 aliphatic heterocycles. The first-order valence-corrected chi connectivity index (χ1v) is 7.45. The molecule has 0 spiro atoms. The smallest absolute Gasteiger partial charge is 0.322 e. The maximum Gasteiger partial charge on any atom is 0.322 e. The predicted molar refractivity (Wildman–Crippen MR) is 74.6 cm³/mol. The number of aliphatic carboxylic acids is 1. The van der Waals surface area contributed by atoms with Crippen LogP contribution in [0.25, 0.3) is 0 Å². The highest BCUT2D eigenvalue weighted by molar-refractivity contribution is 14.1. The zero-order valence-corrected chi connectivity index (χ0v) is 12.9. The second-order valence-electron chi connectivity index (χ2n) is 6.08. The number of halogens is 1. The fourth-order valence-corrected chi connectivity index (χ4v) is 3.44. The fourth-order valence-electron chi connectivity index (χ4n) is 3.33. The minimum Gasteiger partial charge on any atom is -0.481 e. The van der Waals surface area contributed by atoms with Crippen molar-refractivity contribution in [2.45, 2.75) is 55.0 Å². The van der Waals surface area contributed by atoms with Gasteiger partial charge in [-0.3, -0.25) is 9.59 Å². The van der Waals surface area contributed by atoms with Crippen LogP contribution in [0.5, 0.6) is 0 Å². The number of carbonyl (C=O) groups is 2. The quantitative estimate of drug-likeness (QED) is 0.472. The van der Waals surface area contributed by atoms with Gasteiger partial charge in [-0.05, 0) is 51.4 Å². The number of alkyl halides is 1. The molecule has 2 fully saturated rings. The second kappa shape index (κ2) is 4.65. The average Bonchev–Trinajstić information content (AvgIpc) is 2.74. The van der Waals surface area contributed by atoms with Gasteiger partial charge < -0.3 is 9.84 Å². The monoisotopic (exact) mass is 366 g/mol. The minimum atomic E-state index is -0.874. The first-order valence-electron chi connectivity index (χ1n) is 6.37. The molecule has 0 aromatic carbocycles. The van der Waals surface area contributed by atoms with Gasteiger partial charge in [0.25, 0.3) is 0 Å². The number of carboxylic acids is 1. The Kier molecular flexibility index (Phi) is 3.64. The van der Waals surface area contributed by atoms with E-state index in [0.29, 0.717) is 5.92 Å². The molecule has 0 aromatic rings. The molecule has 0 saturated heterocycles. The number of carbonyl (C=O) groups excluding carboxylic acids is 1. The summed E-state index contributed by atoms with van der Waals surface area (Å²) >= 11 is 2.04. The second-order valence-corrected chi connectivity index (χ2v) is 8.77. The third-order valence-corrected chi connectivity index (χ3v) is 4.59. The summed E-state index contributed by atoms with van der Waals surface area (Å²) < 4.78 is 5.07. The molecule has 2 aliphatic rings. The van der Waals surface area contributed by atoms with E-state index in [9.17, 15) is 9.59 Å². The number of fused-ring (bicyclic) bond motifs is 2. The van der Waals surface area contributed by atoms with Gasteiger partial charge in [-0.1, -0.05) is 22.6 Å². The number of ether oxygens (including phenoxy) is 1. The molecule has 0 heterocycles. The van der Waals surface area contributed by atoms with Crippen LogP contribution in [-0.2, 0) is 14.3 Å². The molecule has 0 aromatic heterocycles. The predicted octanol–water partition coefficient (Wildman–Crippen LogP) is 2.78. The summed E-state index contributed by atoms with van der Waals surface area (Å²) in [4.78, 5) is 23.1. The van der Waals surface area contributed by atoms with Gasteiger partial charge in [0.2, 0.25) is 0 Å². The third kappa shape index (κ3) is 2.65. The highest BCUT2D eigenvalue weighted by Gasteiger charge is 2.55. The Bertz CT molecular complexity index is 374. The normalized spacial score (nSPS) is 34.6. The minimum absolute atomic E-state index is 0.0490. The summed E-state index contributed by atoms with van der Waals surface area (Å²) in [6, 6.07) is 0. The number of carboxylic acid groups (broad SMARTS) is 1. The first-order chi connectivity index (χ1) is 8.23. The Hall–Kier alpha value is -0.330. The number of esters is 1. The lowest BCUT2D eigenvalue weighted by Crippen LogP contribution is -2.45. The maximum absolute atomic E-state index is 12.1. The van der Waals surface area contributed by atoms with Crippen molar-refractivity contribution in [2.75, 3.05) is 0 Å². The van der Waals surface area contributed by atoms with Gasteiger partial charge in [0.05, 0.1) is 6.42 Å². The van der Waals surface area contributed by atoms with Crippen molar-refractivity contribution in [1.29, 1.82) is 0 Å². The zero-order valence-electron chi connectivity index (χ0n) is 10.7. The molecule has 2 rings (SSSR count). The molecular weight excluding hydrogens is 347 g/mol. The van der Waals surface area contributed by atoms with Crippen LogP contribution in [0.1, 0.15) is 46.0 Å². The van der Waals surface area contributed by atoms with Gasteiger partial charge in [0.15, 0.2) is 0 Å². The zero-order chi connectivity index (χ0) is 13.6. The van der Waals surface area contributed by atoms with Crippen molar-refractivity contribution in [3.63, 3.8) is 0 Å². The van der Waals surface area contributed by atoms with Gasteiger partial charge in [0, 0.05) is 0 Å². The molecule has 3 unspecified atom stereocenters. The van der Waals surface area contributed by atoms with Gasteiger partial charge in [-0.2, -0.15) is 0 Å². The van der Waals surface area contributed by atoms with E-state index in [1.165, 1.54) is 0 Å². The van der Waals surface area contributed by atoms with E-state index < -0.39 is 15.0 Å². The van der Waals surface area contributed by atoms with Gasteiger partial charge >= 0.3 is 11.9 Å². The van der Waals surface area contributed by atoms with Crippen LogP contribution in [0.3, 0.4) is 0 Å². The van der Waals surface area contributed by atoms with E-state index >= 15 is 0 Å². The van der Waals surface area contributed by atoms with E-state index in [-0.39, 0.29) is 18.3 Å². The van der Waals surface area contributed by atoms with E-state index in [0.717, 1.165) is 25.7 Å². The molecule has 2 aliphatic carbocycles. The van der Waals surface area contributed by atoms with Gasteiger partial charge in [0.1, 0.15) is 9.02 Å². The van der Waals surface area contributed by atoms with E-state index in [4.69, 9.17) is 9.84 Å². The van der Waals surface area contributed by atoms with Crippen molar-refractivity contribution in [3.05, 3.63) is 0 Å². The SMILES string of the molecule is CC(C)(I)C(=O)OC1(CC(=O)O)CC2CCC1C2. The van der Waals surface area contributed by atoms with Crippen molar-refractivity contribution < 1.29 is 19.4 Å². The number of rotatable bonds is 4. The number of hydrogen-bond donors (Lipinski definition) is 1. The van der Waals surface area contributed by atoms with E-state index in [1.54, 1.807) is 13.8 Å². The highest BCUT2D eigenvalue weighted by Crippen LogP contribution is 2.54. The maximum atomic E-state index is 12.1.